The largest absolute Gasteiger partial charge is 0.409 e. The maximum absolute atomic E-state index is 12.2. The van der Waals surface area contributed by atoms with Gasteiger partial charge in [-0.2, -0.15) is 26.3 Å². The van der Waals surface area contributed by atoms with Crippen molar-refractivity contribution in [2.45, 2.75) is 31.6 Å². The van der Waals surface area contributed by atoms with Crippen molar-refractivity contribution in [1.29, 1.82) is 0 Å². The number of hydrogen-bond acceptors (Lipinski definition) is 1. The molecule has 1 amide bonds. The normalized spacial score (nSPS) is 18.5. The van der Waals surface area contributed by atoms with Gasteiger partial charge >= 0.3 is 12.4 Å². The summed E-state index contributed by atoms with van der Waals surface area (Å²) in [5.41, 5.74) is -0.431. The molecule has 19 heavy (non-hydrogen) atoms. The first-order valence-electron chi connectivity index (χ1n) is 5.49. The number of halogens is 7. The van der Waals surface area contributed by atoms with Crippen molar-refractivity contribution < 1.29 is 31.1 Å². The fourth-order valence-corrected chi connectivity index (χ4v) is 2.15. The van der Waals surface area contributed by atoms with Crippen LogP contribution in [-0.4, -0.2) is 30.7 Å². The minimum absolute atomic E-state index is 0.207. The standard InChI is InChI=1S/C10H12ClF6NO/c11-4-3-8(1-2-8)5-18-7(19)6(9(12,13)14)10(15,16)17/h6H,1-5H2,(H,18,19). The summed E-state index contributed by atoms with van der Waals surface area (Å²) >= 11 is 5.48. The molecule has 0 aliphatic heterocycles. The highest BCUT2D eigenvalue weighted by Gasteiger charge is 2.61. The Hall–Kier alpha value is -0.660. The van der Waals surface area contributed by atoms with E-state index in [1.165, 1.54) is 0 Å². The minimum atomic E-state index is -5.65. The Morgan fingerprint density at radius 2 is 1.63 bits per heavy atom. The molecular weight excluding hydrogens is 300 g/mol. The molecule has 0 heterocycles. The smallest absolute Gasteiger partial charge is 0.355 e. The van der Waals surface area contributed by atoms with Gasteiger partial charge in [0.15, 0.2) is 0 Å². The first-order chi connectivity index (χ1) is 8.52. The molecule has 0 atom stereocenters. The maximum Gasteiger partial charge on any atom is 0.409 e. The second-order valence-electron chi connectivity index (χ2n) is 4.67. The molecule has 1 aliphatic carbocycles. The number of carbonyl (C=O) groups is 1. The average Bonchev–Trinajstić information content (AvgIpc) is 2.91. The van der Waals surface area contributed by atoms with E-state index in [2.05, 4.69) is 0 Å². The van der Waals surface area contributed by atoms with Crippen LogP contribution in [0, 0.1) is 11.3 Å². The van der Waals surface area contributed by atoms with Crippen LogP contribution in [0.25, 0.3) is 0 Å². The summed E-state index contributed by atoms with van der Waals surface area (Å²) in [5, 5.41) is 1.75. The Morgan fingerprint density at radius 3 is 1.95 bits per heavy atom. The summed E-state index contributed by atoms with van der Waals surface area (Å²) < 4.78 is 73.5. The lowest BCUT2D eigenvalue weighted by Crippen LogP contribution is -2.49. The molecule has 0 bridgehead atoms. The van der Waals surface area contributed by atoms with Gasteiger partial charge in [-0.3, -0.25) is 4.79 Å². The molecule has 9 heteroatoms. The maximum atomic E-state index is 12.2. The number of rotatable bonds is 5. The van der Waals surface area contributed by atoms with E-state index < -0.39 is 29.6 Å². The van der Waals surface area contributed by atoms with Crippen LogP contribution in [-0.2, 0) is 4.79 Å². The number of carbonyl (C=O) groups excluding carboxylic acids is 1. The average molecular weight is 312 g/mol. The molecule has 0 aromatic carbocycles. The molecule has 112 valence electrons. The lowest BCUT2D eigenvalue weighted by Gasteiger charge is -2.23. The highest BCUT2D eigenvalue weighted by atomic mass is 35.5. The quantitative estimate of drug-likeness (QED) is 0.613. The Morgan fingerprint density at radius 1 is 1.16 bits per heavy atom. The second kappa shape index (κ2) is 5.38. The predicted molar refractivity (Wildman–Crippen MR) is 55.6 cm³/mol. The van der Waals surface area contributed by atoms with E-state index in [4.69, 9.17) is 11.6 Å². The van der Waals surface area contributed by atoms with Crippen LogP contribution in [0.4, 0.5) is 26.3 Å². The van der Waals surface area contributed by atoms with E-state index in [0.717, 1.165) is 0 Å². The van der Waals surface area contributed by atoms with Crippen LogP contribution in [0.1, 0.15) is 19.3 Å². The summed E-state index contributed by atoms with van der Waals surface area (Å²) in [7, 11) is 0. The lowest BCUT2D eigenvalue weighted by atomic mass is 10.0. The fourth-order valence-electron chi connectivity index (χ4n) is 1.75. The van der Waals surface area contributed by atoms with Crippen molar-refractivity contribution in [2.24, 2.45) is 11.3 Å². The third kappa shape index (κ3) is 4.43. The van der Waals surface area contributed by atoms with Gasteiger partial charge in [0.05, 0.1) is 0 Å². The molecule has 0 saturated heterocycles. The summed E-state index contributed by atoms with van der Waals surface area (Å²) in [4.78, 5) is 11.1. The van der Waals surface area contributed by atoms with Crippen LogP contribution in [0.3, 0.4) is 0 Å². The third-order valence-electron chi connectivity index (χ3n) is 3.14. The van der Waals surface area contributed by atoms with Gasteiger partial charge in [-0.15, -0.1) is 11.6 Å². The number of nitrogens with one attached hydrogen (secondary N) is 1. The molecule has 0 spiro atoms. The van der Waals surface area contributed by atoms with E-state index in [9.17, 15) is 31.1 Å². The van der Waals surface area contributed by atoms with Crippen LogP contribution in [0.2, 0.25) is 0 Å². The fraction of sp³-hybridized carbons (Fsp3) is 0.900. The van der Waals surface area contributed by atoms with Crippen LogP contribution in [0.5, 0.6) is 0 Å². The van der Waals surface area contributed by atoms with Gasteiger partial charge in [-0.1, -0.05) is 0 Å². The van der Waals surface area contributed by atoms with E-state index in [1.807, 2.05) is 0 Å². The first kappa shape index (κ1) is 16.4. The molecule has 1 N–H and O–H groups in total. The van der Waals surface area contributed by atoms with Gasteiger partial charge in [0.25, 0.3) is 0 Å². The number of hydrogen-bond donors (Lipinski definition) is 1. The third-order valence-corrected chi connectivity index (χ3v) is 3.33. The minimum Gasteiger partial charge on any atom is -0.355 e. The van der Waals surface area contributed by atoms with Crippen LogP contribution < -0.4 is 5.32 Å². The zero-order chi connectivity index (χ0) is 14.9. The van der Waals surface area contributed by atoms with Crippen molar-refractivity contribution in [3.05, 3.63) is 0 Å². The Balaban J connectivity index is 2.64. The van der Waals surface area contributed by atoms with Crippen molar-refractivity contribution in [2.75, 3.05) is 12.4 Å². The zero-order valence-electron chi connectivity index (χ0n) is 9.67. The van der Waals surface area contributed by atoms with Crippen molar-refractivity contribution in [3.63, 3.8) is 0 Å². The van der Waals surface area contributed by atoms with Gasteiger partial charge < -0.3 is 5.32 Å². The lowest BCUT2D eigenvalue weighted by molar-refractivity contribution is -0.274. The summed E-state index contributed by atoms with van der Waals surface area (Å²) in [6.45, 7) is -0.207. The van der Waals surface area contributed by atoms with E-state index >= 15 is 0 Å². The molecule has 0 aromatic heterocycles. The molecular formula is C10H12ClF6NO. The highest BCUT2D eigenvalue weighted by Crippen LogP contribution is 2.48. The van der Waals surface area contributed by atoms with Gasteiger partial charge in [-0.25, -0.2) is 0 Å². The van der Waals surface area contributed by atoms with Gasteiger partial charge in [0, 0.05) is 12.4 Å². The highest BCUT2D eigenvalue weighted by molar-refractivity contribution is 6.17. The van der Waals surface area contributed by atoms with Crippen molar-refractivity contribution >= 4 is 17.5 Å². The monoisotopic (exact) mass is 311 g/mol. The SMILES string of the molecule is O=C(NCC1(CCCl)CC1)C(C(F)(F)F)C(F)(F)F. The van der Waals surface area contributed by atoms with E-state index in [1.54, 1.807) is 5.32 Å². The Kier molecular flexibility index (Phi) is 4.64. The molecule has 1 saturated carbocycles. The molecule has 0 unspecified atom stereocenters. The summed E-state index contributed by atoms with van der Waals surface area (Å²) in [6.07, 6.45) is -9.56. The second-order valence-corrected chi connectivity index (χ2v) is 5.05. The van der Waals surface area contributed by atoms with Gasteiger partial charge in [0.1, 0.15) is 0 Å². The molecule has 0 aromatic rings. The number of amides is 1. The Labute approximate surface area is 110 Å². The molecule has 1 aliphatic rings. The summed E-state index contributed by atoms with van der Waals surface area (Å²) in [5.74, 6) is -5.79. The van der Waals surface area contributed by atoms with Crippen molar-refractivity contribution in [1.82, 2.24) is 5.32 Å². The van der Waals surface area contributed by atoms with E-state index in [-0.39, 0.29) is 12.4 Å². The molecule has 2 nitrogen and oxygen atoms in total. The predicted octanol–water partition coefficient (Wildman–Crippen LogP) is 3.25. The first-order valence-corrected chi connectivity index (χ1v) is 6.02. The number of alkyl halides is 7. The zero-order valence-corrected chi connectivity index (χ0v) is 10.4. The van der Waals surface area contributed by atoms with Crippen molar-refractivity contribution in [3.8, 4) is 0 Å². The molecule has 1 rings (SSSR count). The van der Waals surface area contributed by atoms with Crippen LogP contribution >= 0.6 is 11.6 Å². The Bertz CT molecular complexity index is 322. The van der Waals surface area contributed by atoms with Gasteiger partial charge in [-0.05, 0) is 24.7 Å². The molecule has 1 fully saturated rings. The summed E-state index contributed by atoms with van der Waals surface area (Å²) in [6, 6.07) is 0. The van der Waals surface area contributed by atoms with Crippen LogP contribution in [0.15, 0.2) is 0 Å². The van der Waals surface area contributed by atoms with Gasteiger partial charge in [0.2, 0.25) is 11.8 Å². The topological polar surface area (TPSA) is 29.1 Å². The molecule has 0 radical (unpaired) electrons. The van der Waals surface area contributed by atoms with E-state index in [0.29, 0.717) is 19.3 Å².